The molecule has 0 radical (unpaired) electrons. The molecule has 0 atom stereocenters. The first-order valence-corrected chi connectivity index (χ1v) is 11.9. The van der Waals surface area contributed by atoms with Crippen LogP contribution < -0.4 is 14.8 Å². The number of carbonyl (C=O) groups is 1. The van der Waals surface area contributed by atoms with E-state index in [1.54, 1.807) is 49.6 Å². The van der Waals surface area contributed by atoms with Crippen LogP contribution in [0.3, 0.4) is 0 Å². The molecule has 0 aromatic heterocycles. The lowest BCUT2D eigenvalue weighted by Crippen LogP contribution is -2.45. The van der Waals surface area contributed by atoms with Crippen molar-refractivity contribution in [2.24, 2.45) is 0 Å². The Morgan fingerprint density at radius 1 is 1.03 bits per heavy atom. The number of aryl methyl sites for hydroxylation is 1. The molecule has 1 saturated carbocycles. The number of hydrogen-bond acceptors (Lipinski definition) is 5. The van der Waals surface area contributed by atoms with Gasteiger partial charge < -0.3 is 14.8 Å². The van der Waals surface area contributed by atoms with Gasteiger partial charge in [-0.3, -0.25) is 4.79 Å². The molecule has 3 rings (SSSR count). The standard InChI is InChI=1S/C23H30N2O5S/c1-17-9-12-20(13-10-17)31(27,28)25(18-7-5-4-6-8-18)16-23(26)24-21-14-11-19(29-2)15-22(21)30-3/h9-15,18H,4-8,16H2,1-3H3,(H,24,26). The van der Waals surface area contributed by atoms with Crippen molar-refractivity contribution in [3.8, 4) is 11.5 Å². The summed E-state index contributed by atoms with van der Waals surface area (Å²) in [7, 11) is -0.763. The summed E-state index contributed by atoms with van der Waals surface area (Å²) in [5.41, 5.74) is 1.44. The molecule has 0 saturated heterocycles. The molecule has 0 bridgehead atoms. The van der Waals surface area contributed by atoms with Crippen molar-refractivity contribution >= 4 is 21.6 Å². The van der Waals surface area contributed by atoms with Gasteiger partial charge in [-0.25, -0.2) is 8.42 Å². The molecule has 1 aliphatic carbocycles. The minimum atomic E-state index is -3.81. The van der Waals surface area contributed by atoms with Gasteiger partial charge in [-0.2, -0.15) is 4.31 Å². The normalized spacial score (nSPS) is 15.0. The lowest BCUT2D eigenvalue weighted by Gasteiger charge is -2.33. The number of ether oxygens (including phenoxy) is 2. The molecule has 1 fully saturated rings. The minimum absolute atomic E-state index is 0.191. The van der Waals surface area contributed by atoms with Crippen LogP contribution in [-0.2, 0) is 14.8 Å². The van der Waals surface area contributed by atoms with E-state index in [4.69, 9.17) is 9.47 Å². The maximum Gasteiger partial charge on any atom is 0.243 e. The Hall–Kier alpha value is -2.58. The van der Waals surface area contributed by atoms with E-state index in [9.17, 15) is 13.2 Å². The smallest absolute Gasteiger partial charge is 0.243 e. The third kappa shape index (κ3) is 5.57. The molecule has 0 heterocycles. The molecule has 0 aliphatic heterocycles. The largest absolute Gasteiger partial charge is 0.497 e. The molecular weight excluding hydrogens is 416 g/mol. The Balaban J connectivity index is 1.85. The van der Waals surface area contributed by atoms with Crippen LogP contribution in [0.15, 0.2) is 47.4 Å². The van der Waals surface area contributed by atoms with Crippen molar-refractivity contribution in [3.63, 3.8) is 0 Å². The first-order valence-electron chi connectivity index (χ1n) is 10.5. The summed E-state index contributed by atoms with van der Waals surface area (Å²) >= 11 is 0. The molecule has 1 N–H and O–H groups in total. The van der Waals surface area contributed by atoms with E-state index >= 15 is 0 Å². The highest BCUT2D eigenvalue weighted by Gasteiger charge is 2.34. The van der Waals surface area contributed by atoms with E-state index < -0.39 is 15.9 Å². The maximum atomic E-state index is 13.4. The third-order valence-electron chi connectivity index (χ3n) is 5.59. The van der Waals surface area contributed by atoms with Gasteiger partial charge in [0.15, 0.2) is 0 Å². The number of nitrogens with one attached hydrogen (secondary N) is 1. The molecular formula is C23H30N2O5S. The van der Waals surface area contributed by atoms with Crippen LogP contribution in [0.25, 0.3) is 0 Å². The van der Waals surface area contributed by atoms with E-state index in [0.717, 1.165) is 37.7 Å². The SMILES string of the molecule is COc1ccc(NC(=O)CN(C2CCCCC2)S(=O)(=O)c2ccc(C)cc2)c(OC)c1. The molecule has 2 aromatic carbocycles. The van der Waals surface area contributed by atoms with Crippen LogP contribution in [0.2, 0.25) is 0 Å². The second kappa shape index (κ2) is 10.2. The Kier molecular flexibility index (Phi) is 7.56. The second-order valence-electron chi connectivity index (χ2n) is 7.77. The van der Waals surface area contributed by atoms with Gasteiger partial charge in [0.2, 0.25) is 15.9 Å². The number of rotatable bonds is 8. The lowest BCUT2D eigenvalue weighted by molar-refractivity contribution is -0.116. The number of amides is 1. The van der Waals surface area contributed by atoms with Crippen molar-refractivity contribution in [2.45, 2.75) is 50.0 Å². The average Bonchev–Trinajstić information content (AvgIpc) is 2.78. The van der Waals surface area contributed by atoms with Crippen molar-refractivity contribution < 1.29 is 22.7 Å². The molecule has 31 heavy (non-hydrogen) atoms. The molecule has 2 aromatic rings. The average molecular weight is 447 g/mol. The molecule has 1 amide bonds. The predicted octanol–water partition coefficient (Wildman–Crippen LogP) is 3.97. The van der Waals surface area contributed by atoms with Crippen molar-refractivity contribution in [1.29, 1.82) is 0 Å². The highest BCUT2D eigenvalue weighted by Crippen LogP contribution is 2.30. The molecule has 168 valence electrons. The zero-order valence-corrected chi connectivity index (χ0v) is 19.1. The van der Waals surface area contributed by atoms with E-state index in [-0.39, 0.29) is 17.5 Å². The summed E-state index contributed by atoms with van der Waals surface area (Å²) in [6.45, 7) is 1.65. The maximum absolute atomic E-state index is 13.4. The second-order valence-corrected chi connectivity index (χ2v) is 9.66. The molecule has 0 unspecified atom stereocenters. The number of benzene rings is 2. The van der Waals surface area contributed by atoms with Gasteiger partial charge in [0.05, 0.1) is 31.3 Å². The fourth-order valence-corrected chi connectivity index (χ4v) is 5.50. The highest BCUT2D eigenvalue weighted by molar-refractivity contribution is 7.89. The molecule has 1 aliphatic rings. The van der Waals surface area contributed by atoms with E-state index in [1.165, 1.54) is 11.4 Å². The van der Waals surface area contributed by atoms with Crippen LogP contribution in [-0.4, -0.2) is 45.4 Å². The molecule has 7 nitrogen and oxygen atoms in total. The van der Waals surface area contributed by atoms with Crippen molar-refractivity contribution in [1.82, 2.24) is 4.31 Å². The Morgan fingerprint density at radius 2 is 1.71 bits per heavy atom. The number of anilines is 1. The Bertz CT molecular complexity index is 999. The van der Waals surface area contributed by atoms with Gasteiger partial charge in [0.25, 0.3) is 0 Å². The number of sulfonamides is 1. The monoisotopic (exact) mass is 446 g/mol. The number of hydrogen-bond donors (Lipinski definition) is 1. The predicted molar refractivity (Wildman–Crippen MR) is 120 cm³/mol. The van der Waals surface area contributed by atoms with E-state index in [0.29, 0.717) is 17.2 Å². The van der Waals surface area contributed by atoms with Crippen molar-refractivity contribution in [3.05, 3.63) is 48.0 Å². The fourth-order valence-electron chi connectivity index (χ4n) is 3.86. The number of nitrogens with zero attached hydrogens (tertiary/aromatic N) is 1. The van der Waals surface area contributed by atoms with E-state index in [2.05, 4.69) is 5.32 Å². The molecule has 8 heteroatoms. The van der Waals surface area contributed by atoms with Crippen LogP contribution in [0.4, 0.5) is 5.69 Å². The zero-order valence-electron chi connectivity index (χ0n) is 18.3. The summed E-state index contributed by atoms with van der Waals surface area (Å²) in [5, 5.41) is 2.79. The Morgan fingerprint density at radius 3 is 2.32 bits per heavy atom. The Labute approximate surface area is 184 Å². The number of carbonyl (C=O) groups excluding carboxylic acids is 1. The summed E-state index contributed by atoms with van der Waals surface area (Å²) in [5.74, 6) is 0.628. The van der Waals surface area contributed by atoms with Crippen LogP contribution in [0.5, 0.6) is 11.5 Å². The van der Waals surface area contributed by atoms with Gasteiger partial charge in [0, 0.05) is 12.1 Å². The zero-order chi connectivity index (χ0) is 22.4. The first kappa shape index (κ1) is 23.1. The van der Waals surface area contributed by atoms with Gasteiger partial charge in [-0.15, -0.1) is 0 Å². The summed E-state index contributed by atoms with van der Waals surface area (Å²) < 4.78 is 38.8. The summed E-state index contributed by atoms with van der Waals surface area (Å²) in [4.78, 5) is 13.1. The quantitative estimate of drug-likeness (QED) is 0.663. The van der Waals surface area contributed by atoms with Crippen LogP contribution in [0.1, 0.15) is 37.7 Å². The van der Waals surface area contributed by atoms with Crippen LogP contribution >= 0.6 is 0 Å². The number of methoxy groups -OCH3 is 2. The summed E-state index contributed by atoms with van der Waals surface area (Å²) in [6, 6.07) is 11.6. The minimum Gasteiger partial charge on any atom is -0.497 e. The van der Waals surface area contributed by atoms with Gasteiger partial charge >= 0.3 is 0 Å². The van der Waals surface area contributed by atoms with E-state index in [1.807, 2.05) is 6.92 Å². The molecule has 0 spiro atoms. The fraction of sp³-hybridized carbons (Fsp3) is 0.435. The van der Waals surface area contributed by atoms with Gasteiger partial charge in [-0.1, -0.05) is 37.0 Å². The highest BCUT2D eigenvalue weighted by atomic mass is 32.2. The first-order chi connectivity index (χ1) is 14.8. The van der Waals surface area contributed by atoms with Gasteiger partial charge in [-0.05, 0) is 44.0 Å². The topological polar surface area (TPSA) is 84.9 Å². The van der Waals surface area contributed by atoms with Crippen molar-refractivity contribution in [2.75, 3.05) is 26.1 Å². The lowest BCUT2D eigenvalue weighted by atomic mass is 9.95. The van der Waals surface area contributed by atoms with Gasteiger partial charge in [0.1, 0.15) is 11.5 Å². The summed E-state index contributed by atoms with van der Waals surface area (Å²) in [6.07, 6.45) is 4.51. The van der Waals surface area contributed by atoms with Crippen LogP contribution in [0, 0.1) is 6.92 Å². The third-order valence-corrected chi connectivity index (χ3v) is 7.50.